The fraction of sp³-hybridized carbons (Fsp3) is 0.429. The van der Waals surface area contributed by atoms with Crippen molar-refractivity contribution in [3.8, 4) is 11.6 Å². The van der Waals surface area contributed by atoms with Crippen LogP contribution >= 0.6 is 15.9 Å². The van der Waals surface area contributed by atoms with Gasteiger partial charge in [-0.05, 0) is 40.9 Å². The van der Waals surface area contributed by atoms with Crippen LogP contribution in [-0.4, -0.2) is 17.0 Å². The van der Waals surface area contributed by atoms with Gasteiger partial charge in [0, 0.05) is 24.7 Å². The predicted molar refractivity (Wildman–Crippen MR) is 78.2 cm³/mol. The molecular formula is C14H16BrN3O. The molecule has 0 bridgehead atoms. The van der Waals surface area contributed by atoms with Gasteiger partial charge in [0.2, 0.25) is 0 Å². The molecule has 0 unspecified atom stereocenters. The summed E-state index contributed by atoms with van der Waals surface area (Å²) in [6, 6.07) is 5.80. The number of furan rings is 1. The SMILES string of the molecule is CNc1cc(C2CCCC2)nc(-c2ccc(Br)o2)n1. The maximum atomic E-state index is 5.55. The van der Waals surface area contributed by atoms with Crippen LogP contribution in [0.1, 0.15) is 37.3 Å². The second-order valence-corrected chi connectivity index (χ2v) is 5.62. The number of anilines is 1. The van der Waals surface area contributed by atoms with Crippen LogP contribution in [0.15, 0.2) is 27.3 Å². The Labute approximate surface area is 120 Å². The minimum atomic E-state index is 0.562. The van der Waals surface area contributed by atoms with E-state index in [1.165, 1.54) is 25.7 Å². The van der Waals surface area contributed by atoms with Crippen LogP contribution in [0.25, 0.3) is 11.6 Å². The Kier molecular flexibility index (Phi) is 3.55. The Morgan fingerprint density at radius 1 is 1.26 bits per heavy atom. The van der Waals surface area contributed by atoms with Crippen LogP contribution in [-0.2, 0) is 0 Å². The molecule has 2 heterocycles. The molecule has 19 heavy (non-hydrogen) atoms. The monoisotopic (exact) mass is 321 g/mol. The summed E-state index contributed by atoms with van der Waals surface area (Å²) >= 11 is 3.31. The van der Waals surface area contributed by atoms with Crippen LogP contribution in [0, 0.1) is 0 Å². The molecule has 0 saturated heterocycles. The summed E-state index contributed by atoms with van der Waals surface area (Å²) in [7, 11) is 1.88. The minimum Gasteiger partial charge on any atom is -0.446 e. The molecular weight excluding hydrogens is 306 g/mol. The van der Waals surface area contributed by atoms with E-state index in [9.17, 15) is 0 Å². The minimum absolute atomic E-state index is 0.562. The number of hydrogen-bond donors (Lipinski definition) is 1. The fourth-order valence-electron chi connectivity index (χ4n) is 2.57. The number of rotatable bonds is 3. The van der Waals surface area contributed by atoms with Crippen molar-refractivity contribution in [2.24, 2.45) is 0 Å². The topological polar surface area (TPSA) is 51.0 Å². The van der Waals surface area contributed by atoms with Crippen LogP contribution in [0.3, 0.4) is 0 Å². The summed E-state index contributed by atoms with van der Waals surface area (Å²) in [4.78, 5) is 9.15. The average Bonchev–Trinajstić information content (AvgIpc) is 3.09. The van der Waals surface area contributed by atoms with E-state index in [1.807, 2.05) is 19.2 Å². The summed E-state index contributed by atoms with van der Waals surface area (Å²) in [5.74, 6) is 2.76. The molecule has 1 fully saturated rings. The van der Waals surface area contributed by atoms with Gasteiger partial charge in [-0.25, -0.2) is 9.97 Å². The van der Waals surface area contributed by atoms with Crippen molar-refractivity contribution in [3.05, 3.63) is 28.6 Å². The molecule has 0 spiro atoms. The Hall–Kier alpha value is -1.36. The standard InChI is InChI=1S/C14H16BrN3O/c1-16-13-8-10(9-4-2-3-5-9)17-14(18-13)11-6-7-12(15)19-11/h6-9H,2-5H2,1H3,(H,16,17,18). The highest BCUT2D eigenvalue weighted by molar-refractivity contribution is 9.10. The molecule has 1 saturated carbocycles. The molecule has 0 aliphatic heterocycles. The third-order valence-electron chi connectivity index (χ3n) is 3.57. The van der Waals surface area contributed by atoms with Crippen molar-refractivity contribution in [3.63, 3.8) is 0 Å². The second kappa shape index (κ2) is 5.33. The normalized spacial score (nSPS) is 15.9. The largest absolute Gasteiger partial charge is 0.446 e. The molecule has 1 aliphatic carbocycles. The van der Waals surface area contributed by atoms with Crippen LogP contribution in [0.4, 0.5) is 5.82 Å². The van der Waals surface area contributed by atoms with Crippen molar-refractivity contribution in [1.82, 2.24) is 9.97 Å². The number of hydrogen-bond acceptors (Lipinski definition) is 4. The highest BCUT2D eigenvalue weighted by atomic mass is 79.9. The maximum Gasteiger partial charge on any atom is 0.197 e. The Bertz CT molecular complexity index is 576. The Morgan fingerprint density at radius 3 is 2.68 bits per heavy atom. The van der Waals surface area contributed by atoms with E-state index < -0.39 is 0 Å². The number of aromatic nitrogens is 2. The summed E-state index contributed by atoms with van der Waals surface area (Å²) < 4.78 is 6.25. The molecule has 0 atom stereocenters. The first-order valence-corrected chi connectivity index (χ1v) is 7.38. The lowest BCUT2D eigenvalue weighted by Gasteiger charge is -2.11. The van der Waals surface area contributed by atoms with Gasteiger partial charge >= 0.3 is 0 Å². The van der Waals surface area contributed by atoms with Crippen molar-refractivity contribution in [2.75, 3.05) is 12.4 Å². The molecule has 0 radical (unpaired) electrons. The van der Waals surface area contributed by atoms with Crippen molar-refractivity contribution < 1.29 is 4.42 Å². The lowest BCUT2D eigenvalue weighted by Crippen LogP contribution is -2.03. The van der Waals surface area contributed by atoms with E-state index in [2.05, 4.69) is 37.3 Å². The van der Waals surface area contributed by atoms with Crippen LogP contribution < -0.4 is 5.32 Å². The van der Waals surface area contributed by atoms with Gasteiger partial charge < -0.3 is 9.73 Å². The zero-order valence-electron chi connectivity index (χ0n) is 10.8. The zero-order chi connectivity index (χ0) is 13.2. The quantitative estimate of drug-likeness (QED) is 0.920. The van der Waals surface area contributed by atoms with Gasteiger partial charge in [-0.2, -0.15) is 0 Å². The number of nitrogens with zero attached hydrogens (tertiary/aromatic N) is 2. The van der Waals surface area contributed by atoms with Crippen LogP contribution in [0.2, 0.25) is 0 Å². The zero-order valence-corrected chi connectivity index (χ0v) is 12.4. The first kappa shape index (κ1) is 12.7. The summed E-state index contributed by atoms with van der Waals surface area (Å²) in [6.07, 6.45) is 5.04. The fourth-order valence-corrected chi connectivity index (χ4v) is 2.88. The molecule has 5 heteroatoms. The summed E-state index contributed by atoms with van der Waals surface area (Å²) in [6.45, 7) is 0. The van der Waals surface area contributed by atoms with E-state index in [0.29, 0.717) is 22.2 Å². The van der Waals surface area contributed by atoms with E-state index >= 15 is 0 Å². The lowest BCUT2D eigenvalue weighted by molar-refractivity contribution is 0.550. The molecule has 100 valence electrons. The number of nitrogens with one attached hydrogen (secondary N) is 1. The number of halogens is 1. The molecule has 1 aliphatic rings. The highest BCUT2D eigenvalue weighted by Gasteiger charge is 2.20. The summed E-state index contributed by atoms with van der Waals surface area (Å²) in [5, 5.41) is 3.10. The molecule has 4 nitrogen and oxygen atoms in total. The maximum absolute atomic E-state index is 5.55. The van der Waals surface area contributed by atoms with Crippen molar-refractivity contribution in [1.29, 1.82) is 0 Å². The van der Waals surface area contributed by atoms with Gasteiger partial charge in [-0.15, -0.1) is 0 Å². The molecule has 2 aromatic rings. The molecule has 3 rings (SSSR count). The van der Waals surface area contributed by atoms with Crippen LogP contribution in [0.5, 0.6) is 0 Å². The van der Waals surface area contributed by atoms with Crippen molar-refractivity contribution >= 4 is 21.7 Å². The third-order valence-corrected chi connectivity index (χ3v) is 4.00. The molecule has 0 aromatic carbocycles. The highest BCUT2D eigenvalue weighted by Crippen LogP contribution is 2.35. The Balaban J connectivity index is 2.01. The smallest absolute Gasteiger partial charge is 0.197 e. The molecule has 2 aromatic heterocycles. The first-order chi connectivity index (χ1) is 9.26. The first-order valence-electron chi connectivity index (χ1n) is 6.58. The van der Waals surface area contributed by atoms with E-state index in [1.54, 1.807) is 0 Å². The van der Waals surface area contributed by atoms with E-state index in [-0.39, 0.29) is 0 Å². The van der Waals surface area contributed by atoms with Gasteiger partial charge in [0.05, 0.1) is 0 Å². The van der Waals surface area contributed by atoms with Gasteiger partial charge in [0.15, 0.2) is 16.3 Å². The van der Waals surface area contributed by atoms with Gasteiger partial charge in [0.1, 0.15) is 5.82 Å². The van der Waals surface area contributed by atoms with Gasteiger partial charge in [-0.1, -0.05) is 12.8 Å². The Morgan fingerprint density at radius 2 is 2.05 bits per heavy atom. The van der Waals surface area contributed by atoms with Gasteiger partial charge in [0.25, 0.3) is 0 Å². The van der Waals surface area contributed by atoms with E-state index in [4.69, 9.17) is 4.42 Å². The predicted octanol–water partition coefficient (Wildman–Crippen LogP) is 4.20. The third kappa shape index (κ3) is 2.66. The average molecular weight is 322 g/mol. The molecule has 0 amide bonds. The molecule has 1 N–H and O–H groups in total. The summed E-state index contributed by atoms with van der Waals surface area (Å²) in [5.41, 5.74) is 1.12. The van der Waals surface area contributed by atoms with E-state index in [0.717, 1.165) is 11.5 Å². The van der Waals surface area contributed by atoms with Crippen molar-refractivity contribution in [2.45, 2.75) is 31.6 Å². The second-order valence-electron chi connectivity index (χ2n) is 4.84. The van der Waals surface area contributed by atoms with Gasteiger partial charge in [-0.3, -0.25) is 0 Å². The lowest BCUT2D eigenvalue weighted by atomic mass is 10.0.